The molecule has 18 heavy (non-hydrogen) atoms. The van der Waals surface area contributed by atoms with Gasteiger partial charge in [0, 0.05) is 6.04 Å². The zero-order chi connectivity index (χ0) is 13.7. The number of hydrogen-bond acceptors (Lipinski definition) is 5. The van der Waals surface area contributed by atoms with E-state index < -0.39 is 0 Å². The van der Waals surface area contributed by atoms with Crippen molar-refractivity contribution < 1.29 is 4.74 Å². The third-order valence-electron chi connectivity index (χ3n) is 2.58. The van der Waals surface area contributed by atoms with Gasteiger partial charge in [0.05, 0.1) is 6.10 Å². The Bertz CT molecular complexity index is 363. The molecule has 0 aliphatic rings. The van der Waals surface area contributed by atoms with E-state index in [1.54, 1.807) is 0 Å². The summed E-state index contributed by atoms with van der Waals surface area (Å²) in [4.78, 5) is 0. The van der Waals surface area contributed by atoms with E-state index in [9.17, 15) is 0 Å². The largest absolute Gasteiger partial charge is 0.484 e. The van der Waals surface area contributed by atoms with E-state index >= 15 is 0 Å². The summed E-state index contributed by atoms with van der Waals surface area (Å²) in [5.74, 6) is 1.91. The molecule has 0 saturated heterocycles. The predicted molar refractivity (Wildman–Crippen MR) is 79.4 cm³/mol. The van der Waals surface area contributed by atoms with E-state index in [-0.39, 0.29) is 6.10 Å². The summed E-state index contributed by atoms with van der Waals surface area (Å²) < 4.78 is 9.85. The molecule has 1 unspecified atom stereocenters. The van der Waals surface area contributed by atoms with Gasteiger partial charge in [0.1, 0.15) is 0 Å². The first kappa shape index (κ1) is 15.1. The summed E-state index contributed by atoms with van der Waals surface area (Å²) in [6.45, 7) is 10.6. The molecule has 104 valence electrons. The molecule has 0 spiro atoms. The van der Waals surface area contributed by atoms with Crippen LogP contribution in [0.25, 0.3) is 0 Å². The van der Waals surface area contributed by atoms with Crippen LogP contribution in [-0.4, -0.2) is 16.5 Å². The predicted octanol–water partition coefficient (Wildman–Crippen LogP) is 3.75. The van der Waals surface area contributed by atoms with Crippen molar-refractivity contribution in [3.63, 3.8) is 0 Å². The minimum absolute atomic E-state index is 0.107. The Balaban J connectivity index is 2.60. The van der Waals surface area contributed by atoms with Crippen LogP contribution in [-0.2, 0) is 0 Å². The van der Waals surface area contributed by atoms with Gasteiger partial charge in [-0.2, -0.15) is 4.37 Å². The molecule has 5 heteroatoms. The van der Waals surface area contributed by atoms with Gasteiger partial charge < -0.3 is 15.8 Å². The number of nitrogen functional groups attached to an aromatic ring is 1. The van der Waals surface area contributed by atoms with E-state index in [0.29, 0.717) is 17.6 Å². The molecule has 0 fully saturated rings. The van der Waals surface area contributed by atoms with Gasteiger partial charge in [0.2, 0.25) is 0 Å². The second-order valence-corrected chi connectivity index (χ2v) is 6.18. The summed E-state index contributed by atoms with van der Waals surface area (Å²) in [7, 11) is 0. The van der Waals surface area contributed by atoms with Crippen LogP contribution in [0, 0.1) is 5.92 Å². The highest BCUT2D eigenvalue weighted by Gasteiger charge is 2.16. The molecule has 0 bridgehead atoms. The van der Waals surface area contributed by atoms with Gasteiger partial charge in [-0.3, -0.25) is 0 Å². The molecular weight excluding hydrogens is 246 g/mol. The first-order valence-corrected chi connectivity index (χ1v) is 7.35. The monoisotopic (exact) mass is 271 g/mol. The molecule has 4 nitrogen and oxygen atoms in total. The molecule has 1 aromatic heterocycles. The number of aromatic nitrogens is 1. The molecule has 3 N–H and O–H groups in total. The molecule has 1 heterocycles. The first-order valence-electron chi connectivity index (χ1n) is 6.58. The normalized spacial score (nSPS) is 13.1. The second kappa shape index (κ2) is 6.83. The second-order valence-electron chi connectivity index (χ2n) is 5.41. The van der Waals surface area contributed by atoms with Crippen LogP contribution in [0.15, 0.2) is 0 Å². The number of nitrogens with one attached hydrogen (secondary N) is 1. The fraction of sp³-hybridized carbons (Fsp3) is 0.769. The van der Waals surface area contributed by atoms with Gasteiger partial charge in [-0.25, -0.2) is 0 Å². The Hall–Kier alpha value is -0.970. The average molecular weight is 271 g/mol. The third-order valence-corrected chi connectivity index (χ3v) is 3.36. The summed E-state index contributed by atoms with van der Waals surface area (Å²) in [5, 5.41) is 4.39. The van der Waals surface area contributed by atoms with Gasteiger partial charge in [-0.1, -0.05) is 13.8 Å². The van der Waals surface area contributed by atoms with Crippen LogP contribution in [0.1, 0.15) is 47.5 Å². The van der Waals surface area contributed by atoms with E-state index in [1.165, 1.54) is 18.0 Å². The quantitative estimate of drug-likeness (QED) is 0.793. The maximum absolute atomic E-state index is 5.82. The fourth-order valence-electron chi connectivity index (χ4n) is 1.61. The summed E-state index contributed by atoms with van der Waals surface area (Å²) in [6.07, 6.45) is 2.45. The highest BCUT2D eigenvalue weighted by molar-refractivity contribution is 7.11. The highest BCUT2D eigenvalue weighted by atomic mass is 32.1. The van der Waals surface area contributed by atoms with E-state index in [1.807, 2.05) is 13.8 Å². The average Bonchev–Trinajstić information content (AvgIpc) is 2.58. The maximum atomic E-state index is 5.82. The standard InChI is InChI=1S/C13H25N3OS/c1-8(2)6-7-10(5)15-13-11(17-9(3)4)12(14)16-18-13/h8-10,15H,6-7H2,1-5H3,(H2,14,16). The zero-order valence-electron chi connectivity index (χ0n) is 12.0. The lowest BCUT2D eigenvalue weighted by atomic mass is 10.0. The first-order chi connectivity index (χ1) is 8.40. The van der Waals surface area contributed by atoms with Crippen molar-refractivity contribution in [2.24, 2.45) is 5.92 Å². The molecule has 0 aromatic carbocycles. The summed E-state index contributed by atoms with van der Waals surface area (Å²) >= 11 is 1.37. The lowest BCUT2D eigenvalue weighted by Crippen LogP contribution is -2.16. The smallest absolute Gasteiger partial charge is 0.197 e. The van der Waals surface area contributed by atoms with Gasteiger partial charge in [-0.15, -0.1) is 0 Å². The van der Waals surface area contributed by atoms with Crippen molar-refractivity contribution in [3.05, 3.63) is 0 Å². The Morgan fingerprint density at radius 3 is 2.44 bits per heavy atom. The minimum atomic E-state index is 0.107. The Morgan fingerprint density at radius 1 is 1.22 bits per heavy atom. The summed E-state index contributed by atoms with van der Waals surface area (Å²) in [5.41, 5.74) is 5.82. The SMILES string of the molecule is CC(C)CCC(C)Nc1snc(N)c1OC(C)C. The number of anilines is 2. The Morgan fingerprint density at radius 2 is 1.89 bits per heavy atom. The summed E-state index contributed by atoms with van der Waals surface area (Å²) in [6, 6.07) is 0.404. The van der Waals surface area contributed by atoms with Crippen molar-refractivity contribution >= 4 is 22.4 Å². The number of rotatable bonds is 7. The van der Waals surface area contributed by atoms with Crippen LogP contribution < -0.4 is 15.8 Å². The van der Waals surface area contributed by atoms with Gasteiger partial charge >= 0.3 is 0 Å². The number of hydrogen-bond donors (Lipinski definition) is 2. The minimum Gasteiger partial charge on any atom is -0.484 e. The van der Waals surface area contributed by atoms with E-state index in [2.05, 4.69) is 30.5 Å². The Kier molecular flexibility index (Phi) is 5.72. The highest BCUT2D eigenvalue weighted by Crippen LogP contribution is 2.36. The fourth-order valence-corrected chi connectivity index (χ4v) is 2.38. The number of nitrogens with two attached hydrogens (primary N) is 1. The van der Waals surface area contributed by atoms with Crippen LogP contribution in [0.2, 0.25) is 0 Å². The molecule has 1 atom stereocenters. The molecule has 0 aliphatic carbocycles. The van der Waals surface area contributed by atoms with Crippen molar-refractivity contribution in [2.45, 2.75) is 59.6 Å². The molecular formula is C13H25N3OS. The molecule has 1 aromatic rings. The van der Waals surface area contributed by atoms with Gasteiger partial charge in [-0.05, 0) is 51.1 Å². The molecule has 0 amide bonds. The zero-order valence-corrected chi connectivity index (χ0v) is 12.8. The number of ether oxygens (including phenoxy) is 1. The van der Waals surface area contributed by atoms with Gasteiger partial charge in [0.15, 0.2) is 16.6 Å². The van der Waals surface area contributed by atoms with Crippen LogP contribution in [0.3, 0.4) is 0 Å². The molecule has 0 radical (unpaired) electrons. The van der Waals surface area contributed by atoms with Gasteiger partial charge in [0.25, 0.3) is 0 Å². The lowest BCUT2D eigenvalue weighted by Gasteiger charge is -2.17. The van der Waals surface area contributed by atoms with Crippen LogP contribution in [0.4, 0.5) is 10.8 Å². The van der Waals surface area contributed by atoms with E-state index in [0.717, 1.165) is 17.3 Å². The third kappa shape index (κ3) is 4.72. The van der Waals surface area contributed by atoms with Crippen LogP contribution in [0.5, 0.6) is 5.75 Å². The maximum Gasteiger partial charge on any atom is 0.197 e. The van der Waals surface area contributed by atoms with Crippen molar-refractivity contribution in [1.29, 1.82) is 0 Å². The van der Waals surface area contributed by atoms with Crippen LogP contribution >= 0.6 is 11.5 Å². The number of nitrogens with zero attached hydrogens (tertiary/aromatic N) is 1. The molecule has 1 rings (SSSR count). The molecule has 0 aliphatic heterocycles. The Labute approximate surface area is 114 Å². The van der Waals surface area contributed by atoms with Crippen molar-refractivity contribution in [3.8, 4) is 5.75 Å². The van der Waals surface area contributed by atoms with E-state index in [4.69, 9.17) is 10.5 Å². The molecule has 0 saturated carbocycles. The lowest BCUT2D eigenvalue weighted by molar-refractivity contribution is 0.245. The topological polar surface area (TPSA) is 60.2 Å². The van der Waals surface area contributed by atoms with Crippen molar-refractivity contribution in [1.82, 2.24) is 4.37 Å². The van der Waals surface area contributed by atoms with Crippen molar-refractivity contribution in [2.75, 3.05) is 11.1 Å².